The summed E-state index contributed by atoms with van der Waals surface area (Å²) in [6, 6.07) is 13.3. The van der Waals surface area contributed by atoms with E-state index in [4.69, 9.17) is 4.74 Å². The van der Waals surface area contributed by atoms with Crippen LogP contribution in [0.4, 0.5) is 5.69 Å². The summed E-state index contributed by atoms with van der Waals surface area (Å²) < 4.78 is 29.5. The molecule has 0 aliphatic carbocycles. The van der Waals surface area contributed by atoms with E-state index < -0.39 is 9.84 Å². The minimum absolute atomic E-state index is 0.0412. The van der Waals surface area contributed by atoms with Gasteiger partial charge < -0.3 is 15.0 Å². The lowest BCUT2D eigenvalue weighted by atomic mass is 9.76. The Morgan fingerprint density at radius 1 is 1.03 bits per heavy atom. The average molecular weight is 512 g/mol. The lowest BCUT2D eigenvalue weighted by Crippen LogP contribution is -2.24. The number of benzene rings is 2. The van der Waals surface area contributed by atoms with Crippen molar-refractivity contribution in [1.82, 2.24) is 9.97 Å². The highest BCUT2D eigenvalue weighted by atomic mass is 32.2. The van der Waals surface area contributed by atoms with Gasteiger partial charge in [0.15, 0.2) is 21.5 Å². The summed E-state index contributed by atoms with van der Waals surface area (Å²) in [6.07, 6.45) is 4.36. The second-order valence-corrected chi connectivity index (χ2v) is 12.5. The first-order chi connectivity index (χ1) is 16.8. The summed E-state index contributed by atoms with van der Waals surface area (Å²) >= 11 is 0. The van der Waals surface area contributed by atoms with Crippen LogP contribution in [-0.4, -0.2) is 37.2 Å². The first-order valence-corrected chi connectivity index (χ1v) is 14.1. The fourth-order valence-electron chi connectivity index (χ4n) is 3.72. The maximum Gasteiger partial charge on any atom is 0.262 e. The number of ether oxygens (including phenoxy) is 1. The number of carbonyl (C=O) groups excluding carboxylic acids is 1. The van der Waals surface area contributed by atoms with Gasteiger partial charge in [0.05, 0.1) is 6.20 Å². The van der Waals surface area contributed by atoms with E-state index in [0.717, 1.165) is 24.7 Å². The second-order valence-electron chi connectivity index (χ2n) is 10.5. The van der Waals surface area contributed by atoms with E-state index in [0.29, 0.717) is 22.8 Å². The van der Waals surface area contributed by atoms with Crippen molar-refractivity contribution < 1.29 is 17.9 Å². The molecule has 2 N–H and O–H groups in total. The highest BCUT2D eigenvalue weighted by Crippen LogP contribution is 2.38. The van der Waals surface area contributed by atoms with Gasteiger partial charge in [0.2, 0.25) is 0 Å². The Bertz CT molecular complexity index is 1340. The number of rotatable bonds is 10. The van der Waals surface area contributed by atoms with Gasteiger partial charge in [0.1, 0.15) is 11.6 Å². The molecular weight excluding hydrogens is 474 g/mol. The van der Waals surface area contributed by atoms with Gasteiger partial charge in [-0.1, -0.05) is 65.8 Å². The largest absolute Gasteiger partial charge is 0.483 e. The Morgan fingerprint density at radius 3 is 2.33 bits per heavy atom. The molecule has 3 aromatic rings. The normalized spacial score (nSPS) is 12.4. The predicted molar refractivity (Wildman–Crippen MR) is 144 cm³/mol. The van der Waals surface area contributed by atoms with Crippen LogP contribution in [0, 0.1) is 0 Å². The molecule has 0 spiro atoms. The quantitative estimate of drug-likeness (QED) is 0.354. The smallest absolute Gasteiger partial charge is 0.262 e. The maximum absolute atomic E-state index is 12.7. The van der Waals surface area contributed by atoms with Gasteiger partial charge in [-0.3, -0.25) is 4.79 Å². The standard InChI is InChI=1S/C28H37N3O4S/c1-8-27(3,4)20-13-14-23(22(16-20)28(5,6)9-2)35-18-24(32)30-21-12-10-11-19(15-21)26-29-17-25(31-26)36(7,33)34/h10-17H,8-9,18H2,1-7H3,(H,29,31)(H,30,32). The Kier molecular flexibility index (Phi) is 7.98. The first kappa shape index (κ1) is 27.5. The van der Waals surface area contributed by atoms with E-state index in [9.17, 15) is 13.2 Å². The van der Waals surface area contributed by atoms with E-state index >= 15 is 0 Å². The third-order valence-electron chi connectivity index (χ3n) is 6.99. The molecule has 0 saturated heterocycles. The monoisotopic (exact) mass is 511 g/mol. The molecule has 194 valence electrons. The fourth-order valence-corrected chi connectivity index (χ4v) is 4.25. The van der Waals surface area contributed by atoms with Crippen molar-refractivity contribution in [2.75, 3.05) is 18.2 Å². The fraction of sp³-hybridized carbons (Fsp3) is 0.429. The van der Waals surface area contributed by atoms with Crippen LogP contribution in [0.1, 0.15) is 65.5 Å². The number of hydrogen-bond acceptors (Lipinski definition) is 5. The zero-order valence-corrected chi connectivity index (χ0v) is 23.0. The van der Waals surface area contributed by atoms with Crippen LogP contribution in [-0.2, 0) is 25.5 Å². The molecule has 36 heavy (non-hydrogen) atoms. The van der Waals surface area contributed by atoms with Crippen LogP contribution < -0.4 is 10.1 Å². The molecule has 2 aromatic carbocycles. The van der Waals surface area contributed by atoms with Crippen LogP contribution in [0.3, 0.4) is 0 Å². The number of aromatic nitrogens is 2. The Hall–Kier alpha value is -3.13. The third-order valence-corrected chi connectivity index (χ3v) is 7.99. The molecule has 0 radical (unpaired) electrons. The van der Waals surface area contributed by atoms with E-state index in [-0.39, 0.29) is 28.4 Å². The van der Waals surface area contributed by atoms with Gasteiger partial charge in [0, 0.05) is 23.1 Å². The van der Waals surface area contributed by atoms with Gasteiger partial charge in [-0.05, 0) is 47.4 Å². The first-order valence-electron chi connectivity index (χ1n) is 12.2. The predicted octanol–water partition coefficient (Wildman–Crippen LogP) is 5.87. The van der Waals surface area contributed by atoms with Crippen molar-refractivity contribution >= 4 is 21.4 Å². The molecule has 0 saturated carbocycles. The SMILES string of the molecule is CCC(C)(C)c1ccc(OCC(=O)Nc2cccc(-c3ncc(S(C)(=O)=O)[nH]3)c2)c(C(C)(C)CC)c1. The van der Waals surface area contributed by atoms with Crippen molar-refractivity contribution in [1.29, 1.82) is 0 Å². The van der Waals surface area contributed by atoms with Gasteiger partial charge in [-0.2, -0.15) is 0 Å². The summed E-state index contributed by atoms with van der Waals surface area (Å²) in [4.78, 5) is 19.7. The molecule has 0 atom stereocenters. The number of nitrogens with one attached hydrogen (secondary N) is 2. The number of amides is 1. The number of H-pyrrole nitrogens is 1. The molecule has 0 aliphatic heterocycles. The Morgan fingerprint density at radius 2 is 1.72 bits per heavy atom. The molecule has 1 heterocycles. The van der Waals surface area contributed by atoms with Crippen LogP contribution in [0.15, 0.2) is 53.7 Å². The van der Waals surface area contributed by atoms with Gasteiger partial charge in [-0.25, -0.2) is 13.4 Å². The van der Waals surface area contributed by atoms with E-state index in [2.05, 4.69) is 69.0 Å². The summed E-state index contributed by atoms with van der Waals surface area (Å²) in [6.45, 7) is 13.0. The Balaban J connectivity index is 1.75. The van der Waals surface area contributed by atoms with Crippen molar-refractivity contribution in [2.24, 2.45) is 0 Å². The molecule has 3 rings (SSSR count). The number of aromatic amines is 1. The van der Waals surface area contributed by atoms with Crippen molar-refractivity contribution in [2.45, 2.75) is 70.2 Å². The molecule has 0 aliphatic rings. The molecule has 8 heteroatoms. The molecule has 7 nitrogen and oxygen atoms in total. The van der Waals surface area contributed by atoms with Crippen LogP contribution in [0.5, 0.6) is 5.75 Å². The van der Waals surface area contributed by atoms with Crippen molar-refractivity contribution in [3.05, 3.63) is 59.8 Å². The van der Waals surface area contributed by atoms with Crippen molar-refractivity contribution in [3.63, 3.8) is 0 Å². The number of nitrogens with zero attached hydrogens (tertiary/aromatic N) is 1. The summed E-state index contributed by atoms with van der Waals surface area (Å²) in [5.74, 6) is 0.830. The maximum atomic E-state index is 12.7. The van der Waals surface area contributed by atoms with Crippen LogP contribution >= 0.6 is 0 Å². The summed E-state index contributed by atoms with van der Waals surface area (Å²) in [5, 5.41) is 2.89. The average Bonchev–Trinajstić information content (AvgIpc) is 3.34. The lowest BCUT2D eigenvalue weighted by Gasteiger charge is -2.30. The number of carbonyl (C=O) groups is 1. The van der Waals surface area contributed by atoms with Gasteiger partial charge in [-0.15, -0.1) is 0 Å². The van der Waals surface area contributed by atoms with Gasteiger partial charge in [0.25, 0.3) is 5.91 Å². The number of hydrogen-bond donors (Lipinski definition) is 2. The van der Waals surface area contributed by atoms with E-state index in [1.807, 2.05) is 6.07 Å². The molecular formula is C28H37N3O4S. The summed E-state index contributed by atoms with van der Waals surface area (Å²) in [7, 11) is -3.39. The minimum atomic E-state index is -3.39. The lowest BCUT2D eigenvalue weighted by molar-refractivity contribution is -0.118. The van der Waals surface area contributed by atoms with Crippen molar-refractivity contribution in [3.8, 4) is 17.1 Å². The zero-order chi connectivity index (χ0) is 26.7. The molecule has 1 amide bonds. The molecule has 0 bridgehead atoms. The molecule has 1 aromatic heterocycles. The topological polar surface area (TPSA) is 101 Å². The van der Waals surface area contributed by atoms with E-state index in [1.165, 1.54) is 11.8 Å². The summed E-state index contributed by atoms with van der Waals surface area (Å²) in [5.41, 5.74) is 3.52. The minimum Gasteiger partial charge on any atom is -0.483 e. The number of sulfone groups is 1. The second kappa shape index (κ2) is 10.5. The van der Waals surface area contributed by atoms with Crippen LogP contribution in [0.25, 0.3) is 11.4 Å². The number of anilines is 1. The number of imidazole rings is 1. The Labute approximate surface area is 214 Å². The third kappa shape index (κ3) is 6.35. The highest BCUT2D eigenvalue weighted by molar-refractivity contribution is 7.90. The van der Waals surface area contributed by atoms with E-state index in [1.54, 1.807) is 24.3 Å². The zero-order valence-electron chi connectivity index (χ0n) is 22.2. The highest BCUT2D eigenvalue weighted by Gasteiger charge is 2.27. The van der Waals surface area contributed by atoms with Crippen LogP contribution in [0.2, 0.25) is 0 Å². The molecule has 0 fully saturated rings. The molecule has 0 unspecified atom stereocenters. The van der Waals surface area contributed by atoms with Gasteiger partial charge >= 0.3 is 0 Å².